The molecule has 0 radical (unpaired) electrons. The van der Waals surface area contributed by atoms with Gasteiger partial charge in [-0.1, -0.05) is 102 Å². The summed E-state index contributed by atoms with van der Waals surface area (Å²) in [4.78, 5) is 12.5. The number of alkyl halides is 1. The summed E-state index contributed by atoms with van der Waals surface area (Å²) in [7, 11) is 0. The summed E-state index contributed by atoms with van der Waals surface area (Å²) in [5.74, 6) is 0.869. The van der Waals surface area contributed by atoms with Crippen molar-refractivity contribution in [2.45, 2.75) is 25.7 Å². The summed E-state index contributed by atoms with van der Waals surface area (Å²) >= 11 is 3.45. The van der Waals surface area contributed by atoms with Crippen LogP contribution < -0.4 is 4.74 Å². The Morgan fingerprint density at radius 3 is 2.13 bits per heavy atom. The molecule has 3 heteroatoms. The first-order chi connectivity index (χ1) is 14.8. The fourth-order valence-corrected chi connectivity index (χ4v) is 3.54. The summed E-state index contributed by atoms with van der Waals surface area (Å²) in [6, 6.07) is 25.7. The number of carbonyl (C=O) groups excluding carboxylic acids is 1. The SMILES string of the molecule is O=C(C=Cc1ccc(OCCCCCCBr)cc1)c1ccc(-c2ccccc2)cc1. The van der Waals surface area contributed by atoms with Gasteiger partial charge in [-0.15, -0.1) is 0 Å². The number of hydrogen-bond donors (Lipinski definition) is 0. The van der Waals surface area contributed by atoms with E-state index in [4.69, 9.17) is 4.74 Å². The van der Waals surface area contributed by atoms with Crippen molar-refractivity contribution in [2.75, 3.05) is 11.9 Å². The molecule has 0 aliphatic carbocycles. The van der Waals surface area contributed by atoms with Gasteiger partial charge in [0.2, 0.25) is 0 Å². The number of ketones is 1. The maximum Gasteiger partial charge on any atom is 0.185 e. The number of rotatable bonds is 11. The second-order valence-corrected chi connectivity index (χ2v) is 7.95. The second kappa shape index (κ2) is 12.1. The lowest BCUT2D eigenvalue weighted by Gasteiger charge is -2.06. The fourth-order valence-electron chi connectivity index (χ4n) is 3.14. The fraction of sp³-hybridized carbons (Fsp3) is 0.222. The molecular formula is C27H27BrO2. The van der Waals surface area contributed by atoms with Gasteiger partial charge in [0.1, 0.15) is 5.75 Å². The van der Waals surface area contributed by atoms with E-state index in [0.29, 0.717) is 5.56 Å². The zero-order valence-electron chi connectivity index (χ0n) is 17.1. The van der Waals surface area contributed by atoms with Crippen LogP contribution in [-0.4, -0.2) is 17.7 Å². The van der Waals surface area contributed by atoms with Crippen LogP contribution in [-0.2, 0) is 0 Å². The van der Waals surface area contributed by atoms with Crippen LogP contribution in [0.5, 0.6) is 5.75 Å². The van der Waals surface area contributed by atoms with Gasteiger partial charge >= 0.3 is 0 Å². The Morgan fingerprint density at radius 2 is 1.43 bits per heavy atom. The maximum absolute atomic E-state index is 12.5. The molecule has 0 atom stereocenters. The second-order valence-electron chi connectivity index (χ2n) is 7.16. The molecule has 0 heterocycles. The van der Waals surface area contributed by atoms with Gasteiger partial charge in [0.25, 0.3) is 0 Å². The van der Waals surface area contributed by atoms with E-state index in [1.54, 1.807) is 6.08 Å². The number of hydrogen-bond acceptors (Lipinski definition) is 2. The Labute approximate surface area is 187 Å². The van der Waals surface area contributed by atoms with Gasteiger partial charge in [-0.25, -0.2) is 0 Å². The van der Waals surface area contributed by atoms with Crippen LogP contribution in [0.1, 0.15) is 41.6 Å². The van der Waals surface area contributed by atoms with Crippen LogP contribution in [0.15, 0.2) is 84.9 Å². The predicted octanol–water partition coefficient (Wildman–Crippen LogP) is 7.58. The Kier molecular flexibility index (Phi) is 8.92. The summed E-state index contributed by atoms with van der Waals surface area (Å²) in [5, 5.41) is 1.07. The summed E-state index contributed by atoms with van der Waals surface area (Å²) < 4.78 is 5.78. The molecule has 0 aliphatic rings. The number of ether oxygens (including phenoxy) is 1. The predicted molar refractivity (Wildman–Crippen MR) is 129 cm³/mol. The molecule has 3 aromatic rings. The van der Waals surface area contributed by atoms with E-state index < -0.39 is 0 Å². The maximum atomic E-state index is 12.5. The quantitative estimate of drug-likeness (QED) is 0.127. The minimum atomic E-state index is -0.00147. The Balaban J connectivity index is 1.49. The molecule has 0 N–H and O–H groups in total. The van der Waals surface area contributed by atoms with E-state index in [-0.39, 0.29) is 5.78 Å². The molecule has 30 heavy (non-hydrogen) atoms. The van der Waals surface area contributed by atoms with Gasteiger partial charge in [0.05, 0.1) is 6.61 Å². The highest BCUT2D eigenvalue weighted by atomic mass is 79.9. The van der Waals surface area contributed by atoms with E-state index in [1.807, 2.05) is 72.8 Å². The number of allylic oxidation sites excluding steroid dienone is 1. The molecular weight excluding hydrogens is 436 g/mol. The van der Waals surface area contributed by atoms with Gasteiger partial charge in [0.15, 0.2) is 5.78 Å². The van der Waals surface area contributed by atoms with Crippen molar-refractivity contribution in [1.29, 1.82) is 0 Å². The number of benzene rings is 3. The number of unbranched alkanes of at least 4 members (excludes halogenated alkanes) is 3. The summed E-state index contributed by atoms with van der Waals surface area (Å²) in [6.07, 6.45) is 8.19. The number of halogens is 1. The smallest absolute Gasteiger partial charge is 0.185 e. The van der Waals surface area contributed by atoms with Crippen molar-refractivity contribution in [3.05, 3.63) is 96.1 Å². The first kappa shape index (κ1) is 22.0. The summed E-state index contributed by atoms with van der Waals surface area (Å²) in [5.41, 5.74) is 3.92. The van der Waals surface area contributed by atoms with E-state index >= 15 is 0 Å². The van der Waals surface area contributed by atoms with Gasteiger partial charge in [-0.3, -0.25) is 4.79 Å². The van der Waals surface area contributed by atoms with E-state index in [2.05, 4.69) is 28.1 Å². The monoisotopic (exact) mass is 462 g/mol. The van der Waals surface area contributed by atoms with Crippen LogP contribution in [0.3, 0.4) is 0 Å². The van der Waals surface area contributed by atoms with Gasteiger partial charge in [-0.05, 0) is 47.7 Å². The van der Waals surface area contributed by atoms with Crippen molar-refractivity contribution in [3.63, 3.8) is 0 Å². The van der Waals surface area contributed by atoms with Crippen molar-refractivity contribution in [1.82, 2.24) is 0 Å². The van der Waals surface area contributed by atoms with Crippen LogP contribution in [0.4, 0.5) is 0 Å². The largest absolute Gasteiger partial charge is 0.494 e. The van der Waals surface area contributed by atoms with Gasteiger partial charge < -0.3 is 4.74 Å². The molecule has 0 amide bonds. The lowest BCUT2D eigenvalue weighted by molar-refractivity contribution is 0.104. The van der Waals surface area contributed by atoms with E-state index in [9.17, 15) is 4.79 Å². The third kappa shape index (κ3) is 7.00. The average Bonchev–Trinajstić information content (AvgIpc) is 2.81. The minimum absolute atomic E-state index is 0.00147. The van der Waals surface area contributed by atoms with Crippen LogP contribution in [0.25, 0.3) is 17.2 Å². The molecule has 0 unspecified atom stereocenters. The van der Waals surface area contributed by atoms with E-state index in [1.165, 1.54) is 19.3 Å². The van der Waals surface area contributed by atoms with Crippen molar-refractivity contribution < 1.29 is 9.53 Å². The molecule has 0 spiro atoms. The lowest BCUT2D eigenvalue weighted by Crippen LogP contribution is -1.97. The molecule has 0 aliphatic heterocycles. The van der Waals surface area contributed by atoms with Crippen LogP contribution in [0, 0.1) is 0 Å². The number of carbonyl (C=O) groups is 1. The standard InChI is InChI=1S/C27H27BrO2/c28-20-6-1-2-7-21-30-26-17-10-22(11-18-26)12-19-27(29)25-15-13-24(14-16-25)23-8-4-3-5-9-23/h3-5,8-19H,1-2,6-7,20-21H2. The highest BCUT2D eigenvalue weighted by Gasteiger charge is 2.03. The normalized spacial score (nSPS) is 11.0. The third-order valence-electron chi connectivity index (χ3n) is 4.88. The zero-order valence-corrected chi connectivity index (χ0v) is 18.7. The molecule has 3 aromatic carbocycles. The molecule has 2 nitrogen and oxygen atoms in total. The topological polar surface area (TPSA) is 26.3 Å². The Hall–Kier alpha value is -2.65. The molecule has 0 aromatic heterocycles. The third-order valence-corrected chi connectivity index (χ3v) is 5.44. The molecule has 0 fully saturated rings. The zero-order chi connectivity index (χ0) is 21.0. The molecule has 0 saturated carbocycles. The van der Waals surface area contributed by atoms with Gasteiger partial charge in [-0.2, -0.15) is 0 Å². The highest BCUT2D eigenvalue weighted by molar-refractivity contribution is 9.09. The van der Waals surface area contributed by atoms with Crippen molar-refractivity contribution in [2.24, 2.45) is 0 Å². The van der Waals surface area contributed by atoms with Crippen molar-refractivity contribution >= 4 is 27.8 Å². The Bertz CT molecular complexity index is 929. The highest BCUT2D eigenvalue weighted by Crippen LogP contribution is 2.20. The molecule has 3 rings (SSSR count). The molecule has 0 saturated heterocycles. The first-order valence-corrected chi connectivity index (χ1v) is 11.5. The first-order valence-electron chi connectivity index (χ1n) is 10.4. The van der Waals surface area contributed by atoms with Crippen LogP contribution >= 0.6 is 15.9 Å². The van der Waals surface area contributed by atoms with Crippen LogP contribution in [0.2, 0.25) is 0 Å². The molecule has 154 valence electrons. The van der Waals surface area contributed by atoms with E-state index in [0.717, 1.165) is 40.8 Å². The minimum Gasteiger partial charge on any atom is -0.494 e. The van der Waals surface area contributed by atoms with Crippen molar-refractivity contribution in [3.8, 4) is 16.9 Å². The molecule has 0 bridgehead atoms. The average molecular weight is 463 g/mol. The lowest BCUT2D eigenvalue weighted by atomic mass is 10.0. The summed E-state index contributed by atoms with van der Waals surface area (Å²) in [6.45, 7) is 0.745. The Morgan fingerprint density at radius 1 is 0.767 bits per heavy atom. The van der Waals surface area contributed by atoms with Gasteiger partial charge in [0, 0.05) is 10.9 Å².